The number of benzene rings is 6. The molecule has 0 bridgehead atoms. The van der Waals surface area contributed by atoms with Crippen molar-refractivity contribution in [2.45, 2.75) is 23.6 Å². The van der Waals surface area contributed by atoms with Crippen LogP contribution in [0.1, 0.15) is 21.5 Å². The largest absolute Gasteiger partial charge is 1.00 e. The second-order valence-corrected chi connectivity index (χ2v) is 14.9. The molecule has 56 heavy (non-hydrogen) atoms. The molecule has 0 aliphatic carbocycles. The van der Waals surface area contributed by atoms with E-state index in [-0.39, 0.29) is 51.9 Å². The topological polar surface area (TPSA) is 258 Å². The van der Waals surface area contributed by atoms with Crippen molar-refractivity contribution in [2.75, 3.05) is 11.1 Å². The SMILES string of the molecule is Cc1cc(N=Nc2ccc(NC(=O)c3ccc(N)cc3)cc2C)ccc1N=Nc1ccc2c(O)c(N=Nc3ccc(S(=O)(=O)O)cc3)c(S(=O)(=O)O)cc2c1.[Na+]. The first-order valence-corrected chi connectivity index (χ1v) is 18.9. The van der Waals surface area contributed by atoms with E-state index in [1.54, 1.807) is 60.7 Å². The quantitative estimate of drug-likeness (QED) is 0.0425. The summed E-state index contributed by atoms with van der Waals surface area (Å²) in [5, 5.41) is 39.1. The number of aryl methyl sites for hydroxylation is 2. The molecule has 0 aliphatic rings. The first-order chi connectivity index (χ1) is 26.0. The maximum atomic E-state index is 12.6. The van der Waals surface area contributed by atoms with E-state index < -0.39 is 41.5 Å². The van der Waals surface area contributed by atoms with E-state index in [9.17, 15) is 31.3 Å². The van der Waals surface area contributed by atoms with Gasteiger partial charge in [-0.1, -0.05) is 0 Å². The smallest absolute Gasteiger partial charge is 0.505 e. The van der Waals surface area contributed by atoms with Crippen molar-refractivity contribution >= 4 is 82.4 Å². The van der Waals surface area contributed by atoms with E-state index in [0.29, 0.717) is 39.7 Å². The number of fused-ring (bicyclic) bond motifs is 1. The Morgan fingerprint density at radius 3 is 1.77 bits per heavy atom. The molecule has 0 saturated carbocycles. The van der Waals surface area contributed by atoms with Crippen LogP contribution in [0.15, 0.2) is 150 Å². The summed E-state index contributed by atoms with van der Waals surface area (Å²) in [4.78, 5) is 11.4. The number of nitrogens with zero attached hydrogens (tertiary/aromatic N) is 6. The zero-order valence-corrected chi connectivity index (χ0v) is 33.5. The number of azo groups is 3. The number of carbonyl (C=O) groups excluding carboxylic acids is 1. The second-order valence-electron chi connectivity index (χ2n) is 12.1. The summed E-state index contributed by atoms with van der Waals surface area (Å²) in [5.41, 5.74) is 10.3. The Kier molecular flexibility index (Phi) is 12.5. The Hall–Kier alpha value is -5.73. The molecular weight excluding hydrogens is 772 g/mol. The van der Waals surface area contributed by atoms with Gasteiger partial charge < -0.3 is 16.2 Å². The number of phenolic OH excluding ortho intramolecular Hbond substituents is 1. The van der Waals surface area contributed by atoms with E-state index in [2.05, 4.69) is 36.0 Å². The minimum Gasteiger partial charge on any atom is -0.505 e. The molecule has 6 aromatic rings. The van der Waals surface area contributed by atoms with Gasteiger partial charge in [0.2, 0.25) is 0 Å². The fourth-order valence-electron chi connectivity index (χ4n) is 5.21. The number of hydrogen-bond acceptors (Lipinski definition) is 13. The fourth-order valence-corrected chi connectivity index (χ4v) is 6.35. The Balaban J connectivity index is 0.00000600. The molecule has 0 aromatic heterocycles. The molecule has 0 unspecified atom stereocenters. The van der Waals surface area contributed by atoms with Crippen LogP contribution in [-0.4, -0.2) is 37.0 Å². The molecule has 1 amide bonds. The number of phenols is 1. The van der Waals surface area contributed by atoms with Gasteiger partial charge in [0.05, 0.1) is 33.3 Å². The molecule has 6 N–H and O–H groups in total. The number of anilines is 2. The summed E-state index contributed by atoms with van der Waals surface area (Å²) in [6.45, 7) is 3.66. The molecule has 0 aliphatic heterocycles. The standard InChI is InChI=1S/C37H30N8O8S2.Na/c1-21-17-27(39-37(47)23-3-5-25(38)6-4-23)10-15-32(21)43-41-28-11-16-33(22(2)18-28)44-42-29-9-14-31-24(19-29)20-34(55(51,52)53)35(36(31)46)45-40-26-7-12-30(13-8-26)54(48,49)50;/h3-20,46H,38H2,1-2H3,(H,39,47)(H,48,49,50)(H,51,52,53);/q;+1. The van der Waals surface area contributed by atoms with Gasteiger partial charge in [-0.15, -0.1) is 5.11 Å². The number of carbonyl (C=O) groups is 1. The van der Waals surface area contributed by atoms with Crippen molar-refractivity contribution in [1.82, 2.24) is 0 Å². The molecule has 0 fully saturated rings. The van der Waals surface area contributed by atoms with Crippen LogP contribution in [0.4, 0.5) is 45.5 Å². The number of nitrogens with one attached hydrogen (secondary N) is 1. The summed E-state index contributed by atoms with van der Waals surface area (Å²) in [6.07, 6.45) is 0. The number of nitrogen functional groups attached to an aromatic ring is 1. The van der Waals surface area contributed by atoms with Crippen molar-refractivity contribution in [3.63, 3.8) is 0 Å². The van der Waals surface area contributed by atoms with Crippen molar-refractivity contribution in [2.24, 2.45) is 30.7 Å². The van der Waals surface area contributed by atoms with Gasteiger partial charge in [0.15, 0.2) is 5.75 Å². The summed E-state index contributed by atoms with van der Waals surface area (Å²) >= 11 is 0. The number of amides is 1. The van der Waals surface area contributed by atoms with E-state index in [1.807, 2.05) is 13.8 Å². The van der Waals surface area contributed by atoms with Crippen LogP contribution < -0.4 is 40.6 Å². The molecule has 0 heterocycles. The molecule has 0 radical (unpaired) electrons. The molecule has 16 nitrogen and oxygen atoms in total. The Morgan fingerprint density at radius 2 is 1.18 bits per heavy atom. The third kappa shape index (κ3) is 9.92. The van der Waals surface area contributed by atoms with E-state index in [0.717, 1.165) is 29.3 Å². The van der Waals surface area contributed by atoms with Crippen molar-refractivity contribution in [3.05, 3.63) is 126 Å². The van der Waals surface area contributed by atoms with Crippen LogP contribution >= 0.6 is 0 Å². The molecule has 0 atom stereocenters. The maximum Gasteiger partial charge on any atom is 1.00 e. The monoisotopic (exact) mass is 801 g/mol. The van der Waals surface area contributed by atoms with Gasteiger partial charge in [0.25, 0.3) is 26.1 Å². The number of nitrogens with two attached hydrogens (primary N) is 1. The average Bonchev–Trinajstić information content (AvgIpc) is 3.13. The van der Waals surface area contributed by atoms with Gasteiger partial charge >= 0.3 is 29.6 Å². The third-order valence-electron chi connectivity index (χ3n) is 8.07. The molecule has 0 saturated heterocycles. The number of aromatic hydroxyl groups is 1. The number of hydrogen-bond donors (Lipinski definition) is 5. The third-order valence-corrected chi connectivity index (χ3v) is 9.80. The van der Waals surface area contributed by atoms with Gasteiger partial charge in [0, 0.05) is 22.3 Å². The Morgan fingerprint density at radius 1 is 0.625 bits per heavy atom. The van der Waals surface area contributed by atoms with Crippen LogP contribution in [-0.2, 0) is 20.2 Å². The Labute approximate surface area is 342 Å². The van der Waals surface area contributed by atoms with Gasteiger partial charge in [0.1, 0.15) is 10.6 Å². The zero-order chi connectivity index (χ0) is 39.5. The van der Waals surface area contributed by atoms with Crippen molar-refractivity contribution in [3.8, 4) is 5.75 Å². The average molecular weight is 802 g/mol. The normalized spacial score (nSPS) is 12.1. The predicted octanol–water partition coefficient (Wildman–Crippen LogP) is 6.74. The van der Waals surface area contributed by atoms with Gasteiger partial charge in [-0.25, -0.2) is 0 Å². The summed E-state index contributed by atoms with van der Waals surface area (Å²) < 4.78 is 66.3. The molecule has 6 aromatic carbocycles. The Bertz CT molecular complexity index is 2800. The maximum absolute atomic E-state index is 12.6. The van der Waals surface area contributed by atoms with E-state index >= 15 is 0 Å². The van der Waals surface area contributed by atoms with Crippen molar-refractivity contribution < 1.29 is 65.4 Å². The molecule has 278 valence electrons. The first-order valence-electron chi connectivity index (χ1n) is 16.0. The van der Waals surface area contributed by atoms with Crippen LogP contribution in [0.25, 0.3) is 10.8 Å². The molecular formula is C37H30N8NaO8S2+. The zero-order valence-electron chi connectivity index (χ0n) is 29.9. The summed E-state index contributed by atoms with van der Waals surface area (Å²) in [7, 11) is -9.36. The van der Waals surface area contributed by atoms with Gasteiger partial charge in [-0.3, -0.25) is 13.9 Å². The van der Waals surface area contributed by atoms with Crippen molar-refractivity contribution in [1.29, 1.82) is 0 Å². The minimum absolute atomic E-state index is 0. The first kappa shape index (κ1) is 41.4. The summed E-state index contributed by atoms with van der Waals surface area (Å²) in [6, 6.07) is 27.1. The predicted molar refractivity (Wildman–Crippen MR) is 205 cm³/mol. The molecule has 19 heteroatoms. The van der Waals surface area contributed by atoms with Gasteiger partial charge in [-0.2, -0.15) is 42.4 Å². The van der Waals surface area contributed by atoms with E-state index in [4.69, 9.17) is 10.3 Å². The van der Waals surface area contributed by atoms with Crippen LogP contribution in [0.5, 0.6) is 5.75 Å². The van der Waals surface area contributed by atoms with E-state index in [1.165, 1.54) is 30.3 Å². The van der Waals surface area contributed by atoms with Crippen LogP contribution in [0.2, 0.25) is 0 Å². The molecule has 0 spiro atoms. The molecule has 6 rings (SSSR count). The fraction of sp³-hybridized carbons (Fsp3) is 0.0541. The summed E-state index contributed by atoms with van der Waals surface area (Å²) in [5.74, 6) is -0.866. The van der Waals surface area contributed by atoms with Gasteiger partial charge in [-0.05, 0) is 140 Å². The second kappa shape index (κ2) is 17.0. The van der Waals surface area contributed by atoms with Crippen LogP contribution in [0, 0.1) is 13.8 Å². The minimum atomic E-state index is -4.91. The van der Waals surface area contributed by atoms with Crippen LogP contribution in [0.3, 0.4) is 0 Å². The number of rotatable bonds is 10.